The van der Waals surface area contributed by atoms with Crippen molar-refractivity contribution in [1.82, 2.24) is 20.2 Å². The smallest absolute Gasteiger partial charge is 0.330 e. The molecule has 0 radical (unpaired) electrons. The number of unbranched alkanes of at least 4 members (excludes halogenated alkanes) is 11. The second-order valence-corrected chi connectivity index (χ2v) is 15.6. The average Bonchev–Trinajstić information content (AvgIpc) is 3.48. The summed E-state index contributed by atoms with van der Waals surface area (Å²) >= 11 is 0. The normalized spacial score (nSPS) is 34.4. The summed E-state index contributed by atoms with van der Waals surface area (Å²) in [5, 5.41) is 91.5. The molecule has 0 spiro atoms. The van der Waals surface area contributed by atoms with Crippen LogP contribution in [0.4, 0.5) is 0 Å². The van der Waals surface area contributed by atoms with Gasteiger partial charge < -0.3 is 70.4 Å². The van der Waals surface area contributed by atoms with E-state index in [0.717, 1.165) is 49.4 Å². The Bertz CT molecular complexity index is 1530. The summed E-state index contributed by atoms with van der Waals surface area (Å²) in [6.45, 7) is 2.56. The van der Waals surface area contributed by atoms with Crippen LogP contribution in [0, 0.1) is 0 Å². The van der Waals surface area contributed by atoms with Crippen LogP contribution in [0.3, 0.4) is 0 Å². The number of aliphatic hydroxyl groups excluding tert-OH is 8. The minimum Gasteiger partial charge on any atom is -0.394 e. The molecule has 0 aliphatic carbocycles. The van der Waals surface area contributed by atoms with Gasteiger partial charge in [-0.1, -0.05) is 77.6 Å². The van der Waals surface area contributed by atoms with Gasteiger partial charge >= 0.3 is 5.69 Å². The summed E-state index contributed by atoms with van der Waals surface area (Å²) < 4.78 is 24.2. The van der Waals surface area contributed by atoms with Crippen LogP contribution in [0.15, 0.2) is 21.9 Å². The van der Waals surface area contributed by atoms with Crippen molar-refractivity contribution in [2.24, 2.45) is 0 Å². The minimum absolute atomic E-state index is 0.0658. The third-order valence-corrected chi connectivity index (χ3v) is 11.1. The van der Waals surface area contributed by atoms with Crippen molar-refractivity contribution >= 4 is 11.8 Å². The molecule has 1 aromatic rings. The highest BCUT2D eigenvalue weighted by molar-refractivity contribution is 5.76. The van der Waals surface area contributed by atoms with E-state index in [1.54, 1.807) is 0 Å². The molecule has 0 aromatic carbocycles. The van der Waals surface area contributed by atoms with Gasteiger partial charge in [-0.05, 0) is 6.42 Å². The molecule has 3 aliphatic heterocycles. The quantitative estimate of drug-likeness (QED) is 0.0557. The SMILES string of the molecule is CCCCCCCCCCCCCCC(=O)N[C@H]1[C@H](O[C@@H]2O[C@@H](CO)[C@H](O)[C@@H](O)[C@@H]2NC(C)=O)O[C@H](C[C@@H](O)[C@H]2O[C@@H](n3ccc(=O)[nH]c3=O)[C@H](O)[C@@H]2O)[C@H](O)[C@@H]1O. The molecule has 4 rings (SSSR count). The minimum atomic E-state index is -1.82. The monoisotopic (exact) mass is 832 g/mol. The number of aliphatic hydroxyl groups is 8. The van der Waals surface area contributed by atoms with E-state index >= 15 is 0 Å². The van der Waals surface area contributed by atoms with Gasteiger partial charge in [-0.15, -0.1) is 0 Å². The number of rotatable bonds is 22. The van der Waals surface area contributed by atoms with Crippen LogP contribution >= 0.6 is 0 Å². The summed E-state index contributed by atoms with van der Waals surface area (Å²) in [4.78, 5) is 51.2. The van der Waals surface area contributed by atoms with E-state index in [1.807, 2.05) is 4.98 Å². The first-order valence-electron chi connectivity index (χ1n) is 20.6. The molecule has 20 nitrogen and oxygen atoms in total. The number of amides is 2. The number of hydrogen-bond donors (Lipinski definition) is 11. The van der Waals surface area contributed by atoms with Crippen molar-refractivity contribution in [2.45, 2.75) is 196 Å². The fourth-order valence-electron chi connectivity index (χ4n) is 7.73. The van der Waals surface area contributed by atoms with E-state index in [9.17, 15) is 60.0 Å². The summed E-state index contributed by atoms with van der Waals surface area (Å²) in [7, 11) is 0. The maximum Gasteiger partial charge on any atom is 0.330 e. The molecule has 11 N–H and O–H groups in total. The lowest BCUT2D eigenvalue weighted by atomic mass is 9.91. The van der Waals surface area contributed by atoms with Gasteiger partial charge in [-0.3, -0.25) is 23.9 Å². The Morgan fingerprint density at radius 3 is 1.84 bits per heavy atom. The van der Waals surface area contributed by atoms with Crippen LogP contribution < -0.4 is 21.9 Å². The van der Waals surface area contributed by atoms with Crippen LogP contribution in [-0.4, -0.2) is 155 Å². The predicted octanol–water partition coefficient (Wildman–Crippen LogP) is -2.11. The maximum atomic E-state index is 13.2. The highest BCUT2D eigenvalue weighted by atomic mass is 16.8. The van der Waals surface area contributed by atoms with Gasteiger partial charge in [-0.2, -0.15) is 0 Å². The zero-order valence-corrected chi connectivity index (χ0v) is 33.2. The average molecular weight is 833 g/mol. The summed E-state index contributed by atoms with van der Waals surface area (Å²) in [6.07, 6.45) is -8.01. The number of ether oxygens (including phenoxy) is 4. The van der Waals surface area contributed by atoms with Gasteiger partial charge in [0.15, 0.2) is 18.8 Å². The lowest BCUT2D eigenvalue weighted by Gasteiger charge is -2.47. The van der Waals surface area contributed by atoms with Crippen molar-refractivity contribution in [3.8, 4) is 0 Å². The molecule has 0 saturated carbocycles. The number of aromatic amines is 1. The maximum absolute atomic E-state index is 13.2. The molecule has 58 heavy (non-hydrogen) atoms. The first kappa shape index (κ1) is 47.8. The van der Waals surface area contributed by atoms with Gasteiger partial charge in [0.25, 0.3) is 5.56 Å². The molecule has 3 aliphatic rings. The molecule has 15 atom stereocenters. The van der Waals surface area contributed by atoms with E-state index in [-0.39, 0.29) is 6.42 Å². The van der Waals surface area contributed by atoms with Crippen LogP contribution in [0.25, 0.3) is 0 Å². The van der Waals surface area contributed by atoms with Crippen molar-refractivity contribution < 1.29 is 69.4 Å². The molecule has 1 aromatic heterocycles. The molecule has 2 amide bonds. The van der Waals surface area contributed by atoms with Gasteiger partial charge in [-0.25, -0.2) is 4.79 Å². The van der Waals surface area contributed by atoms with Crippen LogP contribution in [-0.2, 0) is 28.5 Å². The number of aromatic nitrogens is 2. The van der Waals surface area contributed by atoms with E-state index < -0.39 is 128 Å². The molecule has 0 bridgehead atoms. The molecular weight excluding hydrogens is 768 g/mol. The Morgan fingerprint density at radius 2 is 1.29 bits per heavy atom. The predicted molar refractivity (Wildman–Crippen MR) is 203 cm³/mol. The van der Waals surface area contributed by atoms with Crippen molar-refractivity contribution in [3.63, 3.8) is 0 Å². The molecular formula is C38H64N4O16. The van der Waals surface area contributed by atoms with Gasteiger partial charge in [0.2, 0.25) is 11.8 Å². The van der Waals surface area contributed by atoms with Crippen molar-refractivity contribution in [1.29, 1.82) is 0 Å². The summed E-state index contributed by atoms with van der Waals surface area (Å²) in [5.74, 6) is -1.16. The van der Waals surface area contributed by atoms with Crippen molar-refractivity contribution in [3.05, 3.63) is 33.1 Å². The van der Waals surface area contributed by atoms with E-state index in [4.69, 9.17) is 18.9 Å². The highest BCUT2D eigenvalue weighted by Crippen LogP contribution is 2.34. The Hall–Kier alpha value is -2.86. The van der Waals surface area contributed by atoms with E-state index in [2.05, 4.69) is 17.6 Å². The lowest BCUT2D eigenvalue weighted by molar-refractivity contribution is -0.347. The number of nitrogens with one attached hydrogen (secondary N) is 3. The zero-order valence-electron chi connectivity index (χ0n) is 33.2. The van der Waals surface area contributed by atoms with E-state index in [0.29, 0.717) is 6.42 Å². The van der Waals surface area contributed by atoms with Crippen LogP contribution in [0.5, 0.6) is 0 Å². The van der Waals surface area contributed by atoms with Crippen LogP contribution in [0.1, 0.15) is 110 Å². The number of nitrogens with zero attached hydrogens (tertiary/aromatic N) is 1. The molecule has 332 valence electrons. The molecule has 3 fully saturated rings. The van der Waals surface area contributed by atoms with Gasteiger partial charge in [0.05, 0.1) is 18.8 Å². The Morgan fingerprint density at radius 1 is 0.759 bits per heavy atom. The molecule has 3 saturated heterocycles. The largest absolute Gasteiger partial charge is 0.394 e. The first-order valence-corrected chi connectivity index (χ1v) is 20.6. The number of hydrogen-bond acceptors (Lipinski definition) is 16. The Kier molecular flexibility index (Phi) is 19.1. The lowest BCUT2D eigenvalue weighted by Crippen LogP contribution is -2.69. The summed E-state index contributed by atoms with van der Waals surface area (Å²) in [5.41, 5.74) is -1.67. The first-order chi connectivity index (χ1) is 27.7. The number of H-pyrrole nitrogens is 1. The highest BCUT2D eigenvalue weighted by Gasteiger charge is 2.53. The molecule has 0 unspecified atom stereocenters. The second-order valence-electron chi connectivity index (χ2n) is 15.6. The topological polar surface area (TPSA) is 312 Å². The van der Waals surface area contributed by atoms with Gasteiger partial charge in [0.1, 0.15) is 60.9 Å². The molecule has 4 heterocycles. The molecule has 20 heteroatoms. The van der Waals surface area contributed by atoms with E-state index in [1.165, 1.54) is 44.9 Å². The zero-order chi connectivity index (χ0) is 42.5. The third kappa shape index (κ3) is 12.8. The summed E-state index contributed by atoms with van der Waals surface area (Å²) in [6, 6.07) is -1.94. The fourth-order valence-corrected chi connectivity index (χ4v) is 7.73. The van der Waals surface area contributed by atoms with Crippen molar-refractivity contribution in [2.75, 3.05) is 6.61 Å². The number of carbonyl (C=O) groups excluding carboxylic acids is 2. The standard InChI is InChI=1S/C38H64N4O16/c1-3-4-5-6-7-8-9-10-11-12-13-14-15-24(46)40-27-31(51)28(48)22(55-37(27)58-36-26(39-20(2)44)30(50)29(49)23(19-43)56-36)18-21(45)34-32(52)33(53)35(57-34)42-17-16-25(47)41-38(42)54/h16-17,21-23,26-37,43,45,48-53H,3-15,18-19H2,1-2H3,(H,39,44)(H,40,46)(H,41,47,54)/t21-,22-,23+,26+,27-,28+,29+,30+,31-,32+,33-,34-,35-,36+,37+/m1/s1. The fraction of sp³-hybridized carbons (Fsp3) is 0.842. The Labute approximate surface area is 336 Å². The number of carbonyl (C=O) groups is 2. The third-order valence-electron chi connectivity index (χ3n) is 11.1. The Balaban J connectivity index is 1.43. The van der Waals surface area contributed by atoms with Gasteiger partial charge in [0, 0.05) is 32.0 Å². The van der Waals surface area contributed by atoms with Crippen LogP contribution in [0.2, 0.25) is 0 Å². The second kappa shape index (κ2) is 23.2.